The van der Waals surface area contributed by atoms with Crippen LogP contribution in [0.15, 0.2) is 0 Å². The maximum absolute atomic E-state index is 9.91. The molecule has 3 N–H and O–H groups in total. The lowest BCUT2D eigenvalue weighted by Crippen LogP contribution is -2.38. The lowest BCUT2D eigenvalue weighted by Gasteiger charge is -2.32. The van der Waals surface area contributed by atoms with Gasteiger partial charge < -0.3 is 29.5 Å². The van der Waals surface area contributed by atoms with Gasteiger partial charge in [0.25, 0.3) is 0 Å². The van der Waals surface area contributed by atoms with Crippen molar-refractivity contribution in [2.75, 3.05) is 20.0 Å². The SMILES string of the molecule is CCC(C)(C)C(O)OCCOCOC1C2CCC(C2)C1C(O)O. The first kappa shape index (κ1) is 19.1. The molecule has 2 aliphatic rings. The predicted octanol–water partition coefficient (Wildman–Crippen LogP) is 1.47. The van der Waals surface area contributed by atoms with Crippen LogP contribution in [0.5, 0.6) is 0 Å². The second-order valence-electron chi connectivity index (χ2n) is 7.55. The van der Waals surface area contributed by atoms with Crippen molar-refractivity contribution in [3.8, 4) is 0 Å². The van der Waals surface area contributed by atoms with Gasteiger partial charge in [-0.15, -0.1) is 0 Å². The van der Waals surface area contributed by atoms with Crippen molar-refractivity contribution in [1.82, 2.24) is 0 Å². The highest BCUT2D eigenvalue weighted by molar-refractivity contribution is 4.98. The highest BCUT2D eigenvalue weighted by Crippen LogP contribution is 2.50. The third-order valence-electron chi connectivity index (χ3n) is 5.67. The molecular weight excluding hydrogens is 300 g/mol. The summed E-state index contributed by atoms with van der Waals surface area (Å²) in [7, 11) is 0. The predicted molar refractivity (Wildman–Crippen MR) is 84.3 cm³/mol. The van der Waals surface area contributed by atoms with Gasteiger partial charge in [0.1, 0.15) is 6.79 Å². The van der Waals surface area contributed by atoms with E-state index in [0.29, 0.717) is 25.0 Å². The van der Waals surface area contributed by atoms with Crippen molar-refractivity contribution in [2.45, 2.75) is 65.1 Å². The van der Waals surface area contributed by atoms with Crippen LogP contribution >= 0.6 is 0 Å². The van der Waals surface area contributed by atoms with Gasteiger partial charge in [0, 0.05) is 11.3 Å². The third kappa shape index (κ3) is 4.65. The molecule has 0 heterocycles. The molecule has 0 aromatic rings. The van der Waals surface area contributed by atoms with E-state index in [0.717, 1.165) is 25.7 Å². The third-order valence-corrected chi connectivity index (χ3v) is 5.67. The van der Waals surface area contributed by atoms with Gasteiger partial charge in [0.15, 0.2) is 12.6 Å². The number of aliphatic hydroxyl groups is 3. The Morgan fingerprint density at radius 1 is 1.09 bits per heavy atom. The first-order chi connectivity index (χ1) is 10.9. The fourth-order valence-electron chi connectivity index (χ4n) is 3.75. The highest BCUT2D eigenvalue weighted by atomic mass is 16.7. The van der Waals surface area contributed by atoms with E-state index in [4.69, 9.17) is 14.2 Å². The second-order valence-corrected chi connectivity index (χ2v) is 7.55. The van der Waals surface area contributed by atoms with Gasteiger partial charge in [-0.05, 0) is 37.5 Å². The van der Waals surface area contributed by atoms with Crippen LogP contribution < -0.4 is 0 Å². The van der Waals surface area contributed by atoms with E-state index < -0.39 is 12.6 Å². The van der Waals surface area contributed by atoms with Crippen molar-refractivity contribution in [1.29, 1.82) is 0 Å². The van der Waals surface area contributed by atoms with Gasteiger partial charge in [-0.2, -0.15) is 0 Å². The summed E-state index contributed by atoms with van der Waals surface area (Å²) >= 11 is 0. The monoisotopic (exact) mass is 332 g/mol. The van der Waals surface area contributed by atoms with Gasteiger partial charge in [-0.1, -0.05) is 20.8 Å². The summed E-state index contributed by atoms with van der Waals surface area (Å²) in [6, 6.07) is 0. The summed E-state index contributed by atoms with van der Waals surface area (Å²) in [4.78, 5) is 0. The quantitative estimate of drug-likeness (QED) is 0.415. The lowest BCUT2D eigenvalue weighted by molar-refractivity contribution is -0.195. The molecule has 6 heteroatoms. The fraction of sp³-hybridized carbons (Fsp3) is 1.00. The number of hydrogen-bond acceptors (Lipinski definition) is 6. The molecule has 0 spiro atoms. The molecular formula is C17H32O6. The van der Waals surface area contributed by atoms with Crippen LogP contribution in [0, 0.1) is 23.2 Å². The highest BCUT2D eigenvalue weighted by Gasteiger charge is 2.50. The normalized spacial score (nSPS) is 32.0. The summed E-state index contributed by atoms with van der Waals surface area (Å²) in [5.74, 6) is 0.583. The zero-order valence-electron chi connectivity index (χ0n) is 14.5. The van der Waals surface area contributed by atoms with Gasteiger partial charge in [-0.3, -0.25) is 0 Å². The molecule has 2 fully saturated rings. The minimum absolute atomic E-state index is 0.119. The van der Waals surface area contributed by atoms with E-state index in [-0.39, 0.29) is 24.2 Å². The van der Waals surface area contributed by atoms with Gasteiger partial charge >= 0.3 is 0 Å². The maximum atomic E-state index is 9.91. The number of aliphatic hydroxyl groups excluding tert-OH is 2. The fourth-order valence-corrected chi connectivity index (χ4v) is 3.75. The molecule has 2 bridgehead atoms. The second kappa shape index (κ2) is 8.23. The number of hydrogen-bond donors (Lipinski definition) is 3. The zero-order chi connectivity index (χ0) is 17.0. The van der Waals surface area contributed by atoms with Crippen molar-refractivity contribution < 1.29 is 29.5 Å². The zero-order valence-corrected chi connectivity index (χ0v) is 14.5. The van der Waals surface area contributed by atoms with Crippen LogP contribution in [-0.2, 0) is 14.2 Å². The van der Waals surface area contributed by atoms with Crippen LogP contribution in [-0.4, -0.2) is 54.0 Å². The molecule has 2 rings (SSSR count). The summed E-state index contributed by atoms with van der Waals surface area (Å²) in [6.07, 6.45) is 1.76. The molecule has 0 aromatic heterocycles. The van der Waals surface area contributed by atoms with Gasteiger partial charge in [0.2, 0.25) is 0 Å². The molecule has 0 aliphatic heterocycles. The van der Waals surface area contributed by atoms with Crippen LogP contribution in [0.25, 0.3) is 0 Å². The maximum Gasteiger partial charge on any atom is 0.159 e. The van der Waals surface area contributed by atoms with Crippen molar-refractivity contribution in [2.24, 2.45) is 23.2 Å². The number of ether oxygens (including phenoxy) is 3. The Morgan fingerprint density at radius 2 is 1.78 bits per heavy atom. The minimum Gasteiger partial charge on any atom is -0.368 e. The number of rotatable bonds is 10. The van der Waals surface area contributed by atoms with Crippen LogP contribution in [0.3, 0.4) is 0 Å². The Balaban J connectivity index is 1.61. The van der Waals surface area contributed by atoms with E-state index in [2.05, 4.69) is 0 Å². The molecule has 0 aromatic carbocycles. The van der Waals surface area contributed by atoms with E-state index in [1.807, 2.05) is 20.8 Å². The first-order valence-electron chi connectivity index (χ1n) is 8.72. The van der Waals surface area contributed by atoms with Crippen LogP contribution in [0.4, 0.5) is 0 Å². The molecule has 136 valence electrons. The Bertz CT molecular complexity index is 359. The summed E-state index contributed by atoms with van der Waals surface area (Å²) in [5.41, 5.74) is -0.274. The Kier molecular flexibility index (Phi) is 6.83. The molecule has 5 atom stereocenters. The van der Waals surface area contributed by atoms with E-state index in [9.17, 15) is 15.3 Å². The van der Waals surface area contributed by atoms with E-state index >= 15 is 0 Å². The summed E-state index contributed by atoms with van der Waals surface area (Å²) in [6.45, 7) is 6.68. The first-order valence-corrected chi connectivity index (χ1v) is 8.72. The molecule has 2 saturated carbocycles. The standard InChI is InChI=1S/C17H32O6/c1-4-17(2,3)16(20)22-8-7-21-10-23-14-12-6-5-11(9-12)13(14)15(18)19/h11-16,18-20H,4-10H2,1-3H3. The van der Waals surface area contributed by atoms with E-state index in [1.54, 1.807) is 0 Å². The smallest absolute Gasteiger partial charge is 0.159 e. The van der Waals surface area contributed by atoms with Gasteiger partial charge in [0.05, 0.1) is 19.3 Å². The molecule has 2 aliphatic carbocycles. The lowest BCUT2D eigenvalue weighted by atomic mass is 9.86. The molecule has 0 amide bonds. The number of fused-ring (bicyclic) bond motifs is 2. The summed E-state index contributed by atoms with van der Waals surface area (Å²) in [5, 5.41) is 29.0. The van der Waals surface area contributed by atoms with Crippen molar-refractivity contribution in [3.05, 3.63) is 0 Å². The Hall–Kier alpha value is -0.240. The minimum atomic E-state index is -1.31. The molecule has 5 unspecified atom stereocenters. The Labute approximate surface area is 138 Å². The molecule has 0 radical (unpaired) electrons. The van der Waals surface area contributed by atoms with Crippen molar-refractivity contribution in [3.63, 3.8) is 0 Å². The van der Waals surface area contributed by atoms with Gasteiger partial charge in [-0.25, -0.2) is 0 Å². The molecule has 0 saturated heterocycles. The largest absolute Gasteiger partial charge is 0.368 e. The van der Waals surface area contributed by atoms with Crippen molar-refractivity contribution >= 4 is 0 Å². The average Bonchev–Trinajstić information content (AvgIpc) is 3.11. The topological polar surface area (TPSA) is 88.4 Å². The Morgan fingerprint density at radius 3 is 2.43 bits per heavy atom. The summed E-state index contributed by atoms with van der Waals surface area (Å²) < 4.78 is 16.5. The van der Waals surface area contributed by atoms with Crippen LogP contribution in [0.2, 0.25) is 0 Å². The molecule has 23 heavy (non-hydrogen) atoms. The van der Waals surface area contributed by atoms with Crippen LogP contribution in [0.1, 0.15) is 46.5 Å². The van der Waals surface area contributed by atoms with E-state index in [1.165, 1.54) is 0 Å². The molecule has 6 nitrogen and oxygen atoms in total. The average molecular weight is 332 g/mol.